The predicted octanol–water partition coefficient (Wildman–Crippen LogP) is 6.15. The number of nitrogens with one attached hydrogen (secondary N) is 2. The van der Waals surface area contributed by atoms with Crippen LogP contribution in [0.15, 0.2) is 48.5 Å². The number of nitrogens with zero attached hydrogens (tertiary/aromatic N) is 1. The summed E-state index contributed by atoms with van der Waals surface area (Å²) in [5, 5.41) is 7.61. The van der Waals surface area contributed by atoms with Crippen LogP contribution in [0.3, 0.4) is 0 Å². The number of carbonyl (C=O) groups is 1. The van der Waals surface area contributed by atoms with Crippen LogP contribution < -0.4 is 10.6 Å². The molecule has 1 heterocycles. The Morgan fingerprint density at radius 3 is 2.50 bits per heavy atom. The highest BCUT2D eigenvalue weighted by molar-refractivity contribution is 6.07. The van der Waals surface area contributed by atoms with Crippen LogP contribution in [0.2, 0.25) is 0 Å². The molecule has 1 aliphatic rings. The van der Waals surface area contributed by atoms with Gasteiger partial charge in [0.15, 0.2) is 0 Å². The molecular formula is C26H31N3O. The van der Waals surface area contributed by atoms with Crippen LogP contribution in [0.1, 0.15) is 54.6 Å². The molecule has 4 rings (SSSR count). The number of amides is 1. The van der Waals surface area contributed by atoms with E-state index in [1.165, 1.54) is 24.0 Å². The number of carbonyl (C=O) groups excluding carboxylic acids is 1. The molecule has 3 atom stereocenters. The lowest BCUT2D eigenvalue weighted by atomic mass is 9.78. The van der Waals surface area contributed by atoms with E-state index in [2.05, 4.69) is 56.5 Å². The third-order valence-electron chi connectivity index (χ3n) is 6.48. The van der Waals surface area contributed by atoms with Gasteiger partial charge in [0.05, 0.1) is 11.1 Å². The van der Waals surface area contributed by atoms with Gasteiger partial charge in [0.2, 0.25) is 0 Å². The molecule has 0 radical (unpaired) electrons. The molecule has 2 aromatic carbocycles. The quantitative estimate of drug-likeness (QED) is 0.551. The second-order valence-electron chi connectivity index (χ2n) is 8.92. The minimum atomic E-state index is -0.0111. The van der Waals surface area contributed by atoms with E-state index >= 15 is 0 Å². The van der Waals surface area contributed by atoms with Crippen molar-refractivity contribution in [2.45, 2.75) is 53.0 Å². The Balaban J connectivity index is 1.67. The molecule has 30 heavy (non-hydrogen) atoms. The number of benzene rings is 2. The molecule has 1 aromatic heterocycles. The number of hydrogen-bond acceptors (Lipinski definition) is 3. The lowest BCUT2D eigenvalue weighted by Crippen LogP contribution is -2.43. The van der Waals surface area contributed by atoms with Crippen LogP contribution in [-0.2, 0) is 0 Å². The minimum absolute atomic E-state index is 0.0111. The molecule has 0 aliphatic heterocycles. The van der Waals surface area contributed by atoms with Gasteiger partial charge in [-0.25, -0.2) is 4.98 Å². The highest BCUT2D eigenvalue weighted by atomic mass is 16.1. The van der Waals surface area contributed by atoms with Crippen molar-refractivity contribution in [3.05, 3.63) is 65.2 Å². The number of aromatic nitrogens is 1. The van der Waals surface area contributed by atoms with E-state index in [1.807, 2.05) is 30.3 Å². The smallest absolute Gasteiger partial charge is 0.252 e. The zero-order chi connectivity index (χ0) is 21.3. The van der Waals surface area contributed by atoms with Crippen LogP contribution in [-0.4, -0.2) is 16.9 Å². The zero-order valence-corrected chi connectivity index (χ0v) is 18.3. The second kappa shape index (κ2) is 8.47. The van der Waals surface area contributed by atoms with Gasteiger partial charge >= 0.3 is 0 Å². The van der Waals surface area contributed by atoms with E-state index in [4.69, 9.17) is 4.98 Å². The fourth-order valence-electron chi connectivity index (χ4n) is 4.65. The summed E-state index contributed by atoms with van der Waals surface area (Å²) in [4.78, 5) is 18.1. The average molecular weight is 402 g/mol. The Hall–Kier alpha value is -2.88. The van der Waals surface area contributed by atoms with Crippen molar-refractivity contribution < 1.29 is 4.79 Å². The number of fused-ring (bicyclic) bond motifs is 1. The highest BCUT2D eigenvalue weighted by Crippen LogP contribution is 2.30. The van der Waals surface area contributed by atoms with Gasteiger partial charge in [-0.1, -0.05) is 51.0 Å². The van der Waals surface area contributed by atoms with Crippen LogP contribution in [0.25, 0.3) is 10.9 Å². The standard InChI is InChI=1S/C26H31N3O/c1-16-12-17(2)14-20(13-16)27-25-15-22(21-9-5-6-10-24(21)28-25)26(30)29-23-11-7-8-18(3)19(23)4/h5-6,9-10,12-15,18-19,23H,7-8,11H2,1-4H3,(H,27,28)(H,29,30)/t18-,19-,23+/m0/s1. The molecule has 4 nitrogen and oxygen atoms in total. The molecule has 3 aromatic rings. The Morgan fingerprint density at radius 2 is 1.73 bits per heavy atom. The largest absolute Gasteiger partial charge is 0.349 e. The predicted molar refractivity (Wildman–Crippen MR) is 124 cm³/mol. The number of anilines is 2. The van der Waals surface area contributed by atoms with Crippen molar-refractivity contribution in [2.75, 3.05) is 5.32 Å². The fourth-order valence-corrected chi connectivity index (χ4v) is 4.65. The molecule has 2 N–H and O–H groups in total. The summed E-state index contributed by atoms with van der Waals surface area (Å²) in [6.07, 6.45) is 3.47. The van der Waals surface area contributed by atoms with Crippen LogP contribution in [0.4, 0.5) is 11.5 Å². The van der Waals surface area contributed by atoms with Gasteiger partial charge < -0.3 is 10.6 Å². The molecule has 0 spiro atoms. The topological polar surface area (TPSA) is 54.0 Å². The summed E-state index contributed by atoms with van der Waals surface area (Å²) < 4.78 is 0. The minimum Gasteiger partial charge on any atom is -0.349 e. The second-order valence-corrected chi connectivity index (χ2v) is 8.92. The molecule has 4 heteroatoms. The summed E-state index contributed by atoms with van der Waals surface area (Å²) in [5.41, 5.74) is 4.87. The molecular weight excluding hydrogens is 370 g/mol. The van der Waals surface area contributed by atoms with Gasteiger partial charge in [-0.05, 0) is 67.5 Å². The van der Waals surface area contributed by atoms with Gasteiger partial charge in [-0.15, -0.1) is 0 Å². The van der Waals surface area contributed by atoms with E-state index in [1.54, 1.807) is 0 Å². The van der Waals surface area contributed by atoms with Gasteiger partial charge in [0.25, 0.3) is 5.91 Å². The van der Waals surface area contributed by atoms with E-state index in [0.717, 1.165) is 23.0 Å². The van der Waals surface area contributed by atoms with Gasteiger partial charge in [0, 0.05) is 17.1 Å². The average Bonchev–Trinajstić information content (AvgIpc) is 2.70. The maximum Gasteiger partial charge on any atom is 0.252 e. The first-order valence-electron chi connectivity index (χ1n) is 11.0. The number of hydrogen-bond donors (Lipinski definition) is 2. The fraction of sp³-hybridized carbons (Fsp3) is 0.385. The Morgan fingerprint density at radius 1 is 1.00 bits per heavy atom. The molecule has 1 saturated carbocycles. The van der Waals surface area contributed by atoms with E-state index in [-0.39, 0.29) is 11.9 Å². The molecule has 1 aliphatic carbocycles. The van der Waals surface area contributed by atoms with E-state index < -0.39 is 0 Å². The highest BCUT2D eigenvalue weighted by Gasteiger charge is 2.29. The Labute approximate surface area is 179 Å². The summed E-state index contributed by atoms with van der Waals surface area (Å²) >= 11 is 0. The number of aryl methyl sites for hydroxylation is 2. The number of rotatable bonds is 4. The SMILES string of the molecule is Cc1cc(C)cc(Nc2cc(C(=O)N[C@@H]3CCC[C@H](C)[C@@H]3C)c3ccccc3n2)c1. The zero-order valence-electron chi connectivity index (χ0n) is 18.3. The molecule has 0 unspecified atom stereocenters. The van der Waals surface area contributed by atoms with Crippen LogP contribution in [0.5, 0.6) is 0 Å². The maximum atomic E-state index is 13.3. The third-order valence-corrected chi connectivity index (χ3v) is 6.48. The van der Waals surface area contributed by atoms with Crippen molar-refractivity contribution in [1.82, 2.24) is 10.3 Å². The molecule has 0 saturated heterocycles. The first-order valence-corrected chi connectivity index (χ1v) is 11.0. The van der Waals surface area contributed by atoms with Crippen LogP contribution in [0, 0.1) is 25.7 Å². The molecule has 1 amide bonds. The molecule has 0 bridgehead atoms. The summed E-state index contributed by atoms with van der Waals surface area (Å²) in [7, 11) is 0. The molecule has 1 fully saturated rings. The van der Waals surface area contributed by atoms with Crippen molar-refractivity contribution in [3.8, 4) is 0 Å². The summed E-state index contributed by atoms with van der Waals surface area (Å²) in [5.74, 6) is 1.81. The monoisotopic (exact) mass is 401 g/mol. The van der Waals surface area contributed by atoms with Gasteiger partial charge in [0.1, 0.15) is 5.82 Å². The van der Waals surface area contributed by atoms with Crippen molar-refractivity contribution in [2.24, 2.45) is 11.8 Å². The normalized spacial score (nSPS) is 21.4. The van der Waals surface area contributed by atoms with Gasteiger partial charge in [-0.2, -0.15) is 0 Å². The lowest BCUT2D eigenvalue weighted by Gasteiger charge is -2.34. The van der Waals surface area contributed by atoms with Gasteiger partial charge in [-0.3, -0.25) is 4.79 Å². The first-order chi connectivity index (χ1) is 14.4. The summed E-state index contributed by atoms with van der Waals surface area (Å²) in [6, 6.07) is 16.3. The summed E-state index contributed by atoms with van der Waals surface area (Å²) in [6.45, 7) is 8.71. The number of pyridine rings is 1. The number of para-hydroxylation sites is 1. The Bertz CT molecular complexity index is 1050. The first kappa shape index (κ1) is 20.4. The van der Waals surface area contributed by atoms with Crippen molar-refractivity contribution >= 4 is 28.3 Å². The van der Waals surface area contributed by atoms with Crippen molar-refractivity contribution in [3.63, 3.8) is 0 Å². The lowest BCUT2D eigenvalue weighted by molar-refractivity contribution is 0.0892. The maximum absolute atomic E-state index is 13.3. The van der Waals surface area contributed by atoms with Crippen molar-refractivity contribution in [1.29, 1.82) is 0 Å². The van der Waals surface area contributed by atoms with E-state index in [0.29, 0.717) is 23.2 Å². The Kier molecular flexibility index (Phi) is 5.76. The molecule has 156 valence electrons. The van der Waals surface area contributed by atoms with Crippen LogP contribution >= 0.6 is 0 Å². The third kappa shape index (κ3) is 4.33. The van der Waals surface area contributed by atoms with E-state index in [9.17, 15) is 4.79 Å².